The Morgan fingerprint density at radius 2 is 1.70 bits per heavy atom. The lowest BCUT2D eigenvalue weighted by molar-refractivity contribution is -0.384. The van der Waals surface area contributed by atoms with Gasteiger partial charge in [-0.05, 0) is 19.2 Å². The quantitative estimate of drug-likeness (QED) is 0.213. The molecule has 0 unspecified atom stereocenters. The van der Waals surface area contributed by atoms with Gasteiger partial charge in [0.15, 0.2) is 0 Å². The third kappa shape index (κ3) is 8.71. The smallest absolute Gasteiger partial charge is 0.432 e. The molecule has 0 atom stereocenters. The van der Waals surface area contributed by atoms with Crippen LogP contribution in [0.3, 0.4) is 0 Å². The SMILES string of the molecule is CNCCOCCOCCOC(=O)Oc1ccc([N+](=O)[O-])cc1. The molecule has 1 aromatic carbocycles. The van der Waals surface area contributed by atoms with E-state index in [-0.39, 0.29) is 24.7 Å². The van der Waals surface area contributed by atoms with Crippen LogP contribution in [0.5, 0.6) is 5.75 Å². The number of carbonyl (C=O) groups excluding carboxylic acids is 1. The molecule has 0 amide bonds. The van der Waals surface area contributed by atoms with Gasteiger partial charge in [-0.3, -0.25) is 10.1 Å². The summed E-state index contributed by atoms with van der Waals surface area (Å²) in [4.78, 5) is 21.3. The van der Waals surface area contributed by atoms with Gasteiger partial charge in [0.2, 0.25) is 0 Å². The summed E-state index contributed by atoms with van der Waals surface area (Å²) in [7, 11) is 1.84. The van der Waals surface area contributed by atoms with Crippen molar-refractivity contribution in [1.82, 2.24) is 5.32 Å². The number of ether oxygens (including phenoxy) is 4. The largest absolute Gasteiger partial charge is 0.513 e. The van der Waals surface area contributed by atoms with Crippen molar-refractivity contribution in [1.29, 1.82) is 0 Å². The minimum atomic E-state index is -0.896. The molecular weight excluding hydrogens is 308 g/mol. The molecule has 1 N–H and O–H groups in total. The molecule has 9 nitrogen and oxygen atoms in total. The second kappa shape index (κ2) is 11.4. The van der Waals surface area contributed by atoms with Crippen LogP contribution >= 0.6 is 0 Å². The van der Waals surface area contributed by atoms with Gasteiger partial charge in [0.05, 0.1) is 31.4 Å². The van der Waals surface area contributed by atoms with E-state index in [1.165, 1.54) is 24.3 Å². The second-order valence-electron chi connectivity index (χ2n) is 4.28. The molecule has 0 aliphatic heterocycles. The van der Waals surface area contributed by atoms with Gasteiger partial charge in [0.25, 0.3) is 5.69 Å². The monoisotopic (exact) mass is 328 g/mol. The van der Waals surface area contributed by atoms with Crippen molar-refractivity contribution in [3.8, 4) is 5.75 Å². The summed E-state index contributed by atoms with van der Waals surface area (Å²) in [5.74, 6) is 0.166. The molecule has 0 saturated heterocycles. The Bertz CT molecular complexity index is 479. The van der Waals surface area contributed by atoms with E-state index in [2.05, 4.69) is 5.32 Å². The maximum atomic E-state index is 11.4. The van der Waals surface area contributed by atoms with Crippen LogP contribution in [0.1, 0.15) is 0 Å². The molecule has 0 aromatic heterocycles. The van der Waals surface area contributed by atoms with Crippen LogP contribution in [0, 0.1) is 10.1 Å². The molecule has 9 heteroatoms. The second-order valence-corrected chi connectivity index (χ2v) is 4.28. The van der Waals surface area contributed by atoms with E-state index >= 15 is 0 Å². The molecule has 0 aliphatic carbocycles. The summed E-state index contributed by atoms with van der Waals surface area (Å²) in [5, 5.41) is 13.4. The third-order valence-corrected chi connectivity index (χ3v) is 2.56. The van der Waals surface area contributed by atoms with Gasteiger partial charge in [0, 0.05) is 18.7 Å². The summed E-state index contributed by atoms with van der Waals surface area (Å²) in [5.41, 5.74) is -0.0870. The lowest BCUT2D eigenvalue weighted by Gasteiger charge is -2.07. The number of nitrogens with one attached hydrogen (secondary N) is 1. The van der Waals surface area contributed by atoms with E-state index in [4.69, 9.17) is 18.9 Å². The van der Waals surface area contributed by atoms with Crippen LogP contribution in [0.2, 0.25) is 0 Å². The topological polar surface area (TPSA) is 109 Å². The van der Waals surface area contributed by atoms with Gasteiger partial charge in [-0.25, -0.2) is 4.79 Å². The first kappa shape index (κ1) is 18.8. The van der Waals surface area contributed by atoms with Crippen molar-refractivity contribution in [2.75, 3.05) is 46.6 Å². The Labute approximate surface area is 133 Å². The molecule has 0 aliphatic rings. The number of hydrogen-bond acceptors (Lipinski definition) is 8. The predicted octanol–water partition coefficient (Wildman–Crippen LogP) is 1.36. The average molecular weight is 328 g/mol. The van der Waals surface area contributed by atoms with Gasteiger partial charge in [-0.1, -0.05) is 0 Å². The molecule has 1 rings (SSSR count). The zero-order chi connectivity index (χ0) is 16.9. The molecular formula is C14H20N2O7. The molecule has 0 spiro atoms. The minimum Gasteiger partial charge on any atom is -0.432 e. The van der Waals surface area contributed by atoms with E-state index < -0.39 is 11.1 Å². The maximum absolute atomic E-state index is 11.4. The first-order valence-electron chi connectivity index (χ1n) is 7.02. The van der Waals surface area contributed by atoms with Crippen LogP contribution in [0.15, 0.2) is 24.3 Å². The molecule has 0 fully saturated rings. The molecule has 128 valence electrons. The van der Waals surface area contributed by atoms with Crippen LogP contribution in [0.25, 0.3) is 0 Å². The van der Waals surface area contributed by atoms with E-state index in [0.717, 1.165) is 6.54 Å². The number of nitro benzene ring substituents is 1. The van der Waals surface area contributed by atoms with Crippen molar-refractivity contribution in [3.63, 3.8) is 0 Å². The number of nitro groups is 1. The van der Waals surface area contributed by atoms with Crippen molar-refractivity contribution in [2.45, 2.75) is 0 Å². The molecule has 23 heavy (non-hydrogen) atoms. The van der Waals surface area contributed by atoms with E-state index in [9.17, 15) is 14.9 Å². The van der Waals surface area contributed by atoms with Crippen molar-refractivity contribution >= 4 is 11.8 Å². The Hall–Kier alpha value is -2.23. The maximum Gasteiger partial charge on any atom is 0.513 e. The van der Waals surface area contributed by atoms with Crippen LogP contribution in [-0.4, -0.2) is 57.7 Å². The number of hydrogen-bond donors (Lipinski definition) is 1. The van der Waals surface area contributed by atoms with Crippen LogP contribution in [-0.2, 0) is 14.2 Å². The number of non-ortho nitro benzene ring substituents is 1. The number of nitrogens with zero attached hydrogens (tertiary/aromatic N) is 1. The fourth-order valence-electron chi connectivity index (χ4n) is 1.44. The number of likely N-dealkylation sites (N-methyl/N-ethyl adjacent to an activating group) is 1. The van der Waals surface area contributed by atoms with Gasteiger partial charge in [-0.15, -0.1) is 0 Å². The lowest BCUT2D eigenvalue weighted by atomic mass is 10.3. The Kier molecular flexibility index (Phi) is 9.29. The Morgan fingerprint density at radius 3 is 2.30 bits per heavy atom. The summed E-state index contributed by atoms with van der Waals surface area (Å²) in [6.45, 7) is 2.53. The molecule has 1 aromatic rings. The van der Waals surface area contributed by atoms with E-state index in [1.807, 2.05) is 7.05 Å². The Balaban J connectivity index is 2.07. The van der Waals surface area contributed by atoms with Gasteiger partial charge in [-0.2, -0.15) is 0 Å². The minimum absolute atomic E-state index is 0.0440. The number of carbonyl (C=O) groups is 1. The van der Waals surface area contributed by atoms with Crippen LogP contribution < -0.4 is 10.1 Å². The van der Waals surface area contributed by atoms with Gasteiger partial charge in [0.1, 0.15) is 12.4 Å². The van der Waals surface area contributed by atoms with Crippen molar-refractivity contribution in [2.24, 2.45) is 0 Å². The van der Waals surface area contributed by atoms with E-state index in [0.29, 0.717) is 19.8 Å². The first-order valence-corrected chi connectivity index (χ1v) is 7.02. The average Bonchev–Trinajstić information content (AvgIpc) is 2.54. The third-order valence-electron chi connectivity index (χ3n) is 2.56. The summed E-state index contributed by atoms with van der Waals surface area (Å²) in [6.07, 6.45) is -0.896. The molecule has 0 heterocycles. The first-order chi connectivity index (χ1) is 11.1. The highest BCUT2D eigenvalue weighted by atomic mass is 16.7. The molecule has 0 saturated carbocycles. The number of rotatable bonds is 11. The summed E-state index contributed by atoms with van der Waals surface area (Å²) >= 11 is 0. The highest BCUT2D eigenvalue weighted by molar-refractivity contribution is 5.63. The highest BCUT2D eigenvalue weighted by Crippen LogP contribution is 2.17. The predicted molar refractivity (Wildman–Crippen MR) is 80.6 cm³/mol. The summed E-state index contributed by atoms with van der Waals surface area (Å²) < 4.78 is 20.1. The highest BCUT2D eigenvalue weighted by Gasteiger charge is 2.08. The Morgan fingerprint density at radius 1 is 1.09 bits per heavy atom. The van der Waals surface area contributed by atoms with Gasteiger partial charge < -0.3 is 24.3 Å². The fraction of sp³-hybridized carbons (Fsp3) is 0.500. The molecule has 0 bridgehead atoms. The van der Waals surface area contributed by atoms with Crippen molar-refractivity contribution in [3.05, 3.63) is 34.4 Å². The normalized spacial score (nSPS) is 10.3. The van der Waals surface area contributed by atoms with Crippen molar-refractivity contribution < 1.29 is 28.7 Å². The van der Waals surface area contributed by atoms with Crippen LogP contribution in [0.4, 0.5) is 10.5 Å². The fourth-order valence-corrected chi connectivity index (χ4v) is 1.44. The van der Waals surface area contributed by atoms with E-state index in [1.54, 1.807) is 0 Å². The molecule has 0 radical (unpaired) electrons. The summed E-state index contributed by atoms with van der Waals surface area (Å²) in [6, 6.07) is 5.11. The zero-order valence-electron chi connectivity index (χ0n) is 12.9. The van der Waals surface area contributed by atoms with Gasteiger partial charge >= 0.3 is 6.16 Å². The zero-order valence-corrected chi connectivity index (χ0v) is 12.9. The standard InChI is InChI=1S/C14H20N2O7/c1-15-6-7-20-8-9-21-10-11-22-14(17)23-13-4-2-12(3-5-13)16(18)19/h2-5,15H,6-11H2,1H3. The number of benzene rings is 1. The lowest BCUT2D eigenvalue weighted by Crippen LogP contribution is -2.17.